The molecule has 0 unspecified atom stereocenters. The molecule has 0 radical (unpaired) electrons. The molecule has 1 aromatic carbocycles. The minimum Gasteiger partial charge on any atom is -0.378 e. The van der Waals surface area contributed by atoms with E-state index in [2.05, 4.69) is 43.3 Å². The summed E-state index contributed by atoms with van der Waals surface area (Å²) in [5, 5.41) is 3.28. The normalized spacial score (nSPS) is 10.1. The fourth-order valence-corrected chi connectivity index (χ4v) is 1.83. The van der Waals surface area contributed by atoms with Gasteiger partial charge in [-0.1, -0.05) is 6.07 Å². The Morgan fingerprint density at radius 3 is 2.71 bits per heavy atom. The number of aromatic nitrogens is 1. The van der Waals surface area contributed by atoms with Gasteiger partial charge in [-0.3, -0.25) is 0 Å². The highest BCUT2D eigenvalue weighted by atomic mass is 79.9. The Morgan fingerprint density at radius 1 is 1.18 bits per heavy atom. The van der Waals surface area contributed by atoms with Gasteiger partial charge in [-0.2, -0.15) is 0 Å². The Morgan fingerprint density at radius 2 is 2.00 bits per heavy atom. The van der Waals surface area contributed by atoms with Crippen molar-refractivity contribution in [3.8, 4) is 0 Å². The lowest BCUT2D eigenvalue weighted by Gasteiger charge is -2.14. The van der Waals surface area contributed by atoms with Gasteiger partial charge in [0.25, 0.3) is 0 Å². The van der Waals surface area contributed by atoms with E-state index in [-0.39, 0.29) is 0 Å². The lowest BCUT2D eigenvalue weighted by Crippen LogP contribution is -2.08. The van der Waals surface area contributed by atoms with Crippen LogP contribution in [0.2, 0.25) is 0 Å². The first-order valence-electron chi connectivity index (χ1n) is 5.32. The van der Waals surface area contributed by atoms with Crippen LogP contribution in [0.15, 0.2) is 47.1 Å². The SMILES string of the molecule is CN(C)c1cccc(Nc2ncccc2Br)c1. The van der Waals surface area contributed by atoms with Crippen molar-refractivity contribution in [2.75, 3.05) is 24.3 Å². The van der Waals surface area contributed by atoms with Crippen LogP contribution in [-0.4, -0.2) is 19.1 Å². The first-order valence-corrected chi connectivity index (χ1v) is 6.11. The zero-order valence-corrected chi connectivity index (χ0v) is 11.4. The van der Waals surface area contributed by atoms with E-state index in [1.165, 1.54) is 0 Å². The number of nitrogens with one attached hydrogen (secondary N) is 1. The summed E-state index contributed by atoms with van der Waals surface area (Å²) in [6, 6.07) is 12.1. The van der Waals surface area contributed by atoms with E-state index in [4.69, 9.17) is 0 Å². The predicted molar refractivity (Wildman–Crippen MR) is 76.0 cm³/mol. The van der Waals surface area contributed by atoms with Crippen molar-refractivity contribution in [2.45, 2.75) is 0 Å². The van der Waals surface area contributed by atoms with Crippen molar-refractivity contribution in [2.24, 2.45) is 0 Å². The highest BCUT2D eigenvalue weighted by Crippen LogP contribution is 2.25. The van der Waals surface area contributed by atoms with Gasteiger partial charge < -0.3 is 10.2 Å². The quantitative estimate of drug-likeness (QED) is 0.936. The second-order valence-electron chi connectivity index (χ2n) is 3.90. The molecule has 0 saturated carbocycles. The highest BCUT2D eigenvalue weighted by molar-refractivity contribution is 9.10. The van der Waals surface area contributed by atoms with Crippen molar-refractivity contribution >= 4 is 33.1 Å². The average molecular weight is 292 g/mol. The molecule has 17 heavy (non-hydrogen) atoms. The Bertz CT molecular complexity index is 512. The molecule has 0 bridgehead atoms. The molecule has 0 spiro atoms. The van der Waals surface area contributed by atoms with Crippen LogP contribution >= 0.6 is 15.9 Å². The van der Waals surface area contributed by atoms with Crippen LogP contribution in [-0.2, 0) is 0 Å². The van der Waals surface area contributed by atoms with Crippen LogP contribution in [0.25, 0.3) is 0 Å². The van der Waals surface area contributed by atoms with Crippen molar-refractivity contribution in [3.05, 3.63) is 47.1 Å². The molecular weight excluding hydrogens is 278 g/mol. The van der Waals surface area contributed by atoms with E-state index in [0.717, 1.165) is 21.7 Å². The Hall–Kier alpha value is -1.55. The van der Waals surface area contributed by atoms with Crippen molar-refractivity contribution in [3.63, 3.8) is 0 Å². The Labute approximate surface area is 110 Å². The van der Waals surface area contributed by atoms with Gasteiger partial charge in [-0.25, -0.2) is 4.98 Å². The fourth-order valence-electron chi connectivity index (χ4n) is 1.48. The van der Waals surface area contributed by atoms with Crippen molar-refractivity contribution < 1.29 is 0 Å². The summed E-state index contributed by atoms with van der Waals surface area (Å²) in [5.74, 6) is 0.823. The van der Waals surface area contributed by atoms with Crippen LogP contribution in [0.1, 0.15) is 0 Å². The number of hydrogen-bond acceptors (Lipinski definition) is 3. The third-order valence-corrected chi connectivity index (χ3v) is 3.02. The van der Waals surface area contributed by atoms with E-state index in [0.29, 0.717) is 0 Å². The van der Waals surface area contributed by atoms with Gasteiger partial charge in [0.05, 0.1) is 4.47 Å². The third-order valence-electron chi connectivity index (χ3n) is 2.38. The summed E-state index contributed by atoms with van der Waals surface area (Å²) in [7, 11) is 4.05. The first kappa shape index (κ1) is 11.9. The minimum atomic E-state index is 0.823. The maximum atomic E-state index is 4.28. The zero-order valence-electron chi connectivity index (χ0n) is 9.81. The van der Waals surface area contributed by atoms with Crippen LogP contribution in [0, 0.1) is 0 Å². The zero-order chi connectivity index (χ0) is 12.3. The largest absolute Gasteiger partial charge is 0.378 e. The summed E-state index contributed by atoms with van der Waals surface area (Å²) in [4.78, 5) is 6.34. The van der Waals surface area contributed by atoms with Crippen molar-refractivity contribution in [1.82, 2.24) is 4.98 Å². The summed E-state index contributed by atoms with van der Waals surface area (Å²) in [5.41, 5.74) is 2.18. The van der Waals surface area contributed by atoms with E-state index in [1.807, 2.05) is 38.4 Å². The second-order valence-corrected chi connectivity index (χ2v) is 4.76. The second kappa shape index (κ2) is 5.19. The van der Waals surface area contributed by atoms with Crippen molar-refractivity contribution in [1.29, 1.82) is 0 Å². The van der Waals surface area contributed by atoms with Gasteiger partial charge in [0.1, 0.15) is 5.82 Å². The Balaban J connectivity index is 2.25. The monoisotopic (exact) mass is 291 g/mol. The molecular formula is C13H14BrN3. The summed E-state index contributed by atoms with van der Waals surface area (Å²) in [6.45, 7) is 0. The molecule has 88 valence electrons. The molecule has 4 heteroatoms. The average Bonchev–Trinajstić information content (AvgIpc) is 2.32. The van der Waals surface area contributed by atoms with E-state index in [9.17, 15) is 0 Å². The van der Waals surface area contributed by atoms with E-state index in [1.54, 1.807) is 6.20 Å². The molecule has 0 aliphatic heterocycles. The molecule has 2 aromatic rings. The van der Waals surface area contributed by atoms with Gasteiger partial charge in [-0.15, -0.1) is 0 Å². The summed E-state index contributed by atoms with van der Waals surface area (Å²) >= 11 is 3.47. The number of pyridine rings is 1. The van der Waals surface area contributed by atoms with Gasteiger partial charge >= 0.3 is 0 Å². The lowest BCUT2D eigenvalue weighted by atomic mass is 10.2. The van der Waals surface area contributed by atoms with Crippen LogP contribution in [0.4, 0.5) is 17.2 Å². The third kappa shape index (κ3) is 2.97. The summed E-state index contributed by atoms with van der Waals surface area (Å²) in [6.07, 6.45) is 1.77. The van der Waals surface area contributed by atoms with Gasteiger partial charge in [-0.05, 0) is 46.3 Å². The number of rotatable bonds is 3. The molecule has 2 rings (SSSR count). The number of hydrogen-bond donors (Lipinski definition) is 1. The van der Waals surface area contributed by atoms with Crippen LogP contribution < -0.4 is 10.2 Å². The number of anilines is 3. The maximum absolute atomic E-state index is 4.28. The predicted octanol–water partition coefficient (Wildman–Crippen LogP) is 3.65. The van der Waals surface area contributed by atoms with Crippen LogP contribution in [0.3, 0.4) is 0 Å². The summed E-state index contributed by atoms with van der Waals surface area (Å²) < 4.78 is 0.954. The topological polar surface area (TPSA) is 28.2 Å². The van der Waals surface area contributed by atoms with Crippen LogP contribution in [0.5, 0.6) is 0 Å². The molecule has 1 N–H and O–H groups in total. The molecule has 3 nitrogen and oxygen atoms in total. The smallest absolute Gasteiger partial charge is 0.144 e. The number of benzene rings is 1. The fraction of sp³-hybridized carbons (Fsp3) is 0.154. The standard InChI is InChI=1S/C13H14BrN3/c1-17(2)11-6-3-5-10(9-11)16-13-12(14)7-4-8-15-13/h3-9H,1-2H3,(H,15,16). The molecule has 1 aromatic heterocycles. The first-order chi connectivity index (χ1) is 8.16. The minimum absolute atomic E-state index is 0.823. The van der Waals surface area contributed by atoms with Gasteiger partial charge in [0, 0.05) is 31.7 Å². The van der Waals surface area contributed by atoms with Gasteiger partial charge in [0.15, 0.2) is 0 Å². The highest BCUT2D eigenvalue weighted by Gasteiger charge is 2.02. The molecule has 0 atom stereocenters. The van der Waals surface area contributed by atoms with E-state index < -0.39 is 0 Å². The Kier molecular flexibility index (Phi) is 3.64. The van der Waals surface area contributed by atoms with E-state index >= 15 is 0 Å². The molecule has 0 saturated heterocycles. The number of nitrogens with zero attached hydrogens (tertiary/aromatic N) is 2. The van der Waals surface area contributed by atoms with Gasteiger partial charge in [0.2, 0.25) is 0 Å². The molecule has 0 aliphatic carbocycles. The molecule has 0 aliphatic rings. The maximum Gasteiger partial charge on any atom is 0.144 e. The number of halogens is 1. The lowest BCUT2D eigenvalue weighted by molar-refractivity contribution is 1.13. The molecule has 0 fully saturated rings. The molecule has 1 heterocycles. The molecule has 0 amide bonds.